The average molecular weight is 216 g/mol. The smallest absolute Gasteiger partial charge is 0.161 e. The van der Waals surface area contributed by atoms with Crippen molar-refractivity contribution in [1.29, 1.82) is 0 Å². The summed E-state index contributed by atoms with van der Waals surface area (Å²) in [5.41, 5.74) is 2.85. The molecule has 0 N–H and O–H groups in total. The van der Waals surface area contributed by atoms with Crippen molar-refractivity contribution < 1.29 is 9.47 Å². The third-order valence-electron chi connectivity index (χ3n) is 3.75. The Kier molecular flexibility index (Phi) is 2.16. The van der Waals surface area contributed by atoms with Crippen LogP contribution in [0.5, 0.6) is 11.5 Å². The van der Waals surface area contributed by atoms with E-state index in [1.807, 2.05) is 0 Å². The van der Waals surface area contributed by atoms with Crippen LogP contribution in [-0.2, 0) is 0 Å². The fourth-order valence-electron chi connectivity index (χ4n) is 2.89. The minimum absolute atomic E-state index is 0.583. The molecule has 0 amide bonds. The normalized spacial score (nSPS) is 25.4. The number of benzene rings is 1. The molecule has 0 fully saturated rings. The van der Waals surface area contributed by atoms with Crippen molar-refractivity contribution in [3.63, 3.8) is 0 Å². The summed E-state index contributed by atoms with van der Waals surface area (Å²) in [6.07, 6.45) is 7.21. The lowest BCUT2D eigenvalue weighted by atomic mass is 9.71. The van der Waals surface area contributed by atoms with Crippen LogP contribution in [0.25, 0.3) is 0 Å². The lowest BCUT2D eigenvalue weighted by Gasteiger charge is -2.34. The Labute approximate surface area is 95.9 Å². The molecule has 4 rings (SSSR count). The van der Waals surface area contributed by atoms with Gasteiger partial charge in [0.05, 0.1) is 14.2 Å². The van der Waals surface area contributed by atoms with E-state index >= 15 is 0 Å². The van der Waals surface area contributed by atoms with E-state index in [4.69, 9.17) is 9.47 Å². The molecule has 16 heavy (non-hydrogen) atoms. The SMILES string of the molecule is COc1cc2c(cc1OC)C1C=CC2CC1. The first kappa shape index (κ1) is 9.76. The van der Waals surface area contributed by atoms with Gasteiger partial charge in [-0.2, -0.15) is 0 Å². The first-order chi connectivity index (χ1) is 7.83. The molecule has 84 valence electrons. The Morgan fingerprint density at radius 3 is 1.62 bits per heavy atom. The number of ether oxygens (including phenoxy) is 2. The van der Waals surface area contributed by atoms with Crippen LogP contribution in [0.15, 0.2) is 24.3 Å². The summed E-state index contributed by atoms with van der Waals surface area (Å²) in [4.78, 5) is 0. The van der Waals surface area contributed by atoms with Gasteiger partial charge in [-0.1, -0.05) is 12.2 Å². The topological polar surface area (TPSA) is 18.5 Å². The Hall–Kier alpha value is -1.44. The zero-order valence-electron chi connectivity index (χ0n) is 9.69. The van der Waals surface area contributed by atoms with Gasteiger partial charge in [0.2, 0.25) is 0 Å². The van der Waals surface area contributed by atoms with Crippen LogP contribution < -0.4 is 9.47 Å². The van der Waals surface area contributed by atoms with Gasteiger partial charge in [-0.3, -0.25) is 0 Å². The molecule has 1 aromatic carbocycles. The maximum Gasteiger partial charge on any atom is 0.161 e. The van der Waals surface area contributed by atoms with Crippen LogP contribution in [0.1, 0.15) is 35.8 Å². The van der Waals surface area contributed by atoms with Gasteiger partial charge in [0.15, 0.2) is 11.5 Å². The van der Waals surface area contributed by atoms with Gasteiger partial charge < -0.3 is 9.47 Å². The van der Waals surface area contributed by atoms with Crippen LogP contribution in [0, 0.1) is 0 Å². The van der Waals surface area contributed by atoms with Gasteiger partial charge in [-0.05, 0) is 36.1 Å². The fraction of sp³-hybridized carbons (Fsp3) is 0.429. The predicted octanol–water partition coefficient (Wildman–Crippen LogP) is 3.23. The third kappa shape index (κ3) is 1.26. The number of hydrogen-bond acceptors (Lipinski definition) is 2. The summed E-state index contributed by atoms with van der Waals surface area (Å²) in [6.45, 7) is 0. The van der Waals surface area contributed by atoms with Crippen molar-refractivity contribution >= 4 is 0 Å². The van der Waals surface area contributed by atoms with Gasteiger partial charge in [0, 0.05) is 11.8 Å². The fourth-order valence-corrected chi connectivity index (χ4v) is 2.89. The van der Waals surface area contributed by atoms with Crippen LogP contribution in [0.2, 0.25) is 0 Å². The van der Waals surface area contributed by atoms with Crippen LogP contribution in [0.3, 0.4) is 0 Å². The van der Waals surface area contributed by atoms with Gasteiger partial charge in [0.25, 0.3) is 0 Å². The predicted molar refractivity (Wildman–Crippen MR) is 63.4 cm³/mol. The van der Waals surface area contributed by atoms with Gasteiger partial charge in [0.1, 0.15) is 0 Å². The van der Waals surface area contributed by atoms with Crippen LogP contribution >= 0.6 is 0 Å². The molecule has 0 aliphatic heterocycles. The van der Waals surface area contributed by atoms with E-state index in [1.165, 1.54) is 24.0 Å². The highest BCUT2D eigenvalue weighted by Gasteiger charge is 2.30. The number of fused-ring (bicyclic) bond motifs is 1. The minimum atomic E-state index is 0.583. The van der Waals surface area contributed by atoms with Gasteiger partial charge >= 0.3 is 0 Å². The maximum atomic E-state index is 5.36. The maximum absolute atomic E-state index is 5.36. The molecule has 2 atom stereocenters. The Morgan fingerprint density at radius 1 is 0.875 bits per heavy atom. The third-order valence-corrected chi connectivity index (χ3v) is 3.75. The zero-order valence-corrected chi connectivity index (χ0v) is 9.69. The molecule has 0 spiro atoms. The Morgan fingerprint density at radius 2 is 1.31 bits per heavy atom. The molecule has 0 aromatic heterocycles. The molecule has 2 unspecified atom stereocenters. The molecule has 3 aliphatic rings. The molecule has 2 nitrogen and oxygen atoms in total. The quantitative estimate of drug-likeness (QED) is 0.706. The summed E-state index contributed by atoms with van der Waals surface area (Å²) in [6, 6.07) is 4.29. The molecule has 0 saturated heterocycles. The summed E-state index contributed by atoms with van der Waals surface area (Å²) in [5, 5.41) is 0. The number of hydrogen-bond donors (Lipinski definition) is 0. The Bertz CT molecular complexity index is 407. The first-order valence-corrected chi connectivity index (χ1v) is 5.77. The highest BCUT2D eigenvalue weighted by molar-refractivity contribution is 5.54. The van der Waals surface area contributed by atoms with E-state index in [9.17, 15) is 0 Å². The van der Waals surface area contributed by atoms with Crippen molar-refractivity contribution in [2.24, 2.45) is 0 Å². The zero-order chi connectivity index (χ0) is 11.1. The second kappa shape index (κ2) is 3.55. The van der Waals surface area contributed by atoms with E-state index in [0.717, 1.165) is 11.5 Å². The minimum Gasteiger partial charge on any atom is -0.493 e. The van der Waals surface area contributed by atoms with Crippen molar-refractivity contribution in [2.75, 3.05) is 14.2 Å². The van der Waals surface area contributed by atoms with Crippen molar-refractivity contribution in [2.45, 2.75) is 24.7 Å². The molecular weight excluding hydrogens is 200 g/mol. The molecule has 2 bridgehead atoms. The highest BCUT2D eigenvalue weighted by atomic mass is 16.5. The molecular formula is C14H16O2. The van der Waals surface area contributed by atoms with Crippen molar-refractivity contribution in [3.8, 4) is 11.5 Å². The lowest BCUT2D eigenvalue weighted by molar-refractivity contribution is 0.352. The number of rotatable bonds is 2. The van der Waals surface area contributed by atoms with Gasteiger partial charge in [-0.15, -0.1) is 0 Å². The second-order valence-electron chi connectivity index (χ2n) is 4.51. The highest BCUT2D eigenvalue weighted by Crippen LogP contribution is 2.48. The average Bonchev–Trinajstić information content (AvgIpc) is 2.38. The van der Waals surface area contributed by atoms with E-state index < -0.39 is 0 Å². The van der Waals surface area contributed by atoms with Crippen LogP contribution in [0.4, 0.5) is 0 Å². The van der Waals surface area contributed by atoms with E-state index in [-0.39, 0.29) is 0 Å². The van der Waals surface area contributed by atoms with E-state index in [0.29, 0.717) is 11.8 Å². The van der Waals surface area contributed by atoms with E-state index in [2.05, 4.69) is 24.3 Å². The van der Waals surface area contributed by atoms with Crippen molar-refractivity contribution in [3.05, 3.63) is 35.4 Å². The van der Waals surface area contributed by atoms with Gasteiger partial charge in [-0.25, -0.2) is 0 Å². The monoisotopic (exact) mass is 216 g/mol. The largest absolute Gasteiger partial charge is 0.493 e. The summed E-state index contributed by atoms with van der Waals surface area (Å²) in [7, 11) is 3.39. The molecule has 0 heterocycles. The lowest BCUT2D eigenvalue weighted by Crippen LogP contribution is -2.17. The molecule has 1 aromatic rings. The summed E-state index contributed by atoms with van der Waals surface area (Å²) >= 11 is 0. The van der Waals surface area contributed by atoms with Crippen LogP contribution in [-0.4, -0.2) is 14.2 Å². The Balaban J connectivity index is 2.16. The molecule has 0 saturated carbocycles. The van der Waals surface area contributed by atoms with Crippen molar-refractivity contribution in [1.82, 2.24) is 0 Å². The summed E-state index contributed by atoms with van der Waals surface area (Å²) in [5.74, 6) is 2.86. The van der Waals surface area contributed by atoms with E-state index in [1.54, 1.807) is 14.2 Å². The molecule has 2 heteroatoms. The molecule has 3 aliphatic carbocycles. The first-order valence-electron chi connectivity index (χ1n) is 5.77. The second-order valence-corrected chi connectivity index (χ2v) is 4.51. The number of allylic oxidation sites excluding steroid dienone is 2. The molecule has 0 radical (unpaired) electrons. The number of methoxy groups -OCH3 is 2. The standard InChI is InChI=1S/C14H16O2/c1-15-13-7-11-9-3-5-10(6-4-9)12(11)8-14(13)16-2/h3,5,7-10H,4,6H2,1-2H3. The summed E-state index contributed by atoms with van der Waals surface area (Å²) < 4.78 is 10.7.